The Morgan fingerprint density at radius 1 is 1.29 bits per heavy atom. The summed E-state index contributed by atoms with van der Waals surface area (Å²) in [7, 11) is 0. The molecule has 17 heavy (non-hydrogen) atoms. The molecular weight excluding hydrogens is 208 g/mol. The van der Waals surface area contributed by atoms with Crippen LogP contribution in [0.15, 0.2) is 48.1 Å². The van der Waals surface area contributed by atoms with Gasteiger partial charge in [-0.25, -0.2) is 0 Å². The second-order valence-corrected chi connectivity index (χ2v) is 4.71. The summed E-state index contributed by atoms with van der Waals surface area (Å²) >= 11 is 0. The molecule has 1 atom stereocenters. The second kappa shape index (κ2) is 5.13. The van der Waals surface area contributed by atoms with Crippen LogP contribution in [-0.4, -0.2) is 5.78 Å². The van der Waals surface area contributed by atoms with Crippen molar-refractivity contribution >= 4 is 5.78 Å². The van der Waals surface area contributed by atoms with Crippen LogP contribution in [0.5, 0.6) is 0 Å². The van der Waals surface area contributed by atoms with Crippen molar-refractivity contribution in [2.24, 2.45) is 0 Å². The Balaban J connectivity index is 2.29. The van der Waals surface area contributed by atoms with Crippen molar-refractivity contribution in [2.75, 3.05) is 0 Å². The number of hydrogen-bond acceptors (Lipinski definition) is 1. The SMILES string of the molecule is CC(=O)CC(C1=CCC=C1)c1ccc(C)cc1. The summed E-state index contributed by atoms with van der Waals surface area (Å²) in [6.45, 7) is 3.75. The monoisotopic (exact) mass is 226 g/mol. The fraction of sp³-hybridized carbons (Fsp3) is 0.312. The van der Waals surface area contributed by atoms with E-state index in [-0.39, 0.29) is 11.7 Å². The Kier molecular flexibility index (Phi) is 3.58. The first kappa shape index (κ1) is 11.8. The van der Waals surface area contributed by atoms with E-state index in [1.807, 2.05) is 0 Å². The van der Waals surface area contributed by atoms with Crippen LogP contribution in [0.3, 0.4) is 0 Å². The van der Waals surface area contributed by atoms with Crippen LogP contribution in [0.2, 0.25) is 0 Å². The highest BCUT2D eigenvalue weighted by Crippen LogP contribution is 2.31. The molecule has 0 saturated heterocycles. The predicted molar refractivity (Wildman–Crippen MR) is 71.1 cm³/mol. The van der Waals surface area contributed by atoms with E-state index in [4.69, 9.17) is 0 Å². The molecule has 1 unspecified atom stereocenters. The first-order valence-corrected chi connectivity index (χ1v) is 6.09. The van der Waals surface area contributed by atoms with E-state index in [1.54, 1.807) is 6.92 Å². The van der Waals surface area contributed by atoms with Gasteiger partial charge in [0, 0.05) is 12.3 Å². The topological polar surface area (TPSA) is 17.1 Å². The molecule has 1 aliphatic carbocycles. The van der Waals surface area contributed by atoms with E-state index in [9.17, 15) is 4.79 Å². The van der Waals surface area contributed by atoms with Crippen LogP contribution < -0.4 is 0 Å². The van der Waals surface area contributed by atoms with Gasteiger partial charge in [-0.2, -0.15) is 0 Å². The predicted octanol–water partition coefficient (Wildman–Crippen LogP) is 3.94. The average molecular weight is 226 g/mol. The van der Waals surface area contributed by atoms with Gasteiger partial charge < -0.3 is 0 Å². The third-order valence-electron chi connectivity index (χ3n) is 3.17. The Hall–Kier alpha value is -1.63. The zero-order valence-electron chi connectivity index (χ0n) is 10.4. The van der Waals surface area contributed by atoms with Crippen LogP contribution in [0, 0.1) is 6.92 Å². The first-order chi connectivity index (χ1) is 8.16. The number of hydrogen-bond donors (Lipinski definition) is 0. The smallest absolute Gasteiger partial charge is 0.130 e. The molecule has 1 aromatic rings. The molecule has 0 fully saturated rings. The number of carbonyl (C=O) groups excluding carboxylic acids is 1. The van der Waals surface area contributed by atoms with Gasteiger partial charge in [0.15, 0.2) is 0 Å². The van der Waals surface area contributed by atoms with Crippen LogP contribution in [0.4, 0.5) is 0 Å². The van der Waals surface area contributed by atoms with Gasteiger partial charge in [0.25, 0.3) is 0 Å². The van der Waals surface area contributed by atoms with Crippen molar-refractivity contribution in [1.82, 2.24) is 0 Å². The molecule has 0 radical (unpaired) electrons. The number of rotatable bonds is 4. The van der Waals surface area contributed by atoms with Crippen LogP contribution in [0.25, 0.3) is 0 Å². The fourth-order valence-corrected chi connectivity index (χ4v) is 2.25. The molecule has 2 rings (SSSR count). The molecule has 0 heterocycles. The van der Waals surface area contributed by atoms with Crippen LogP contribution >= 0.6 is 0 Å². The minimum absolute atomic E-state index is 0.229. The highest BCUT2D eigenvalue weighted by Gasteiger charge is 2.18. The van der Waals surface area contributed by atoms with Gasteiger partial charge >= 0.3 is 0 Å². The molecular formula is C16H18O. The molecule has 1 heteroatoms. The lowest BCUT2D eigenvalue weighted by atomic mass is 9.87. The standard InChI is InChI=1S/C16H18O/c1-12-7-9-15(10-8-12)16(11-13(2)17)14-5-3-4-6-14/h3,5-10,16H,4,11H2,1-2H3. The molecule has 1 aromatic carbocycles. The maximum absolute atomic E-state index is 11.4. The summed E-state index contributed by atoms with van der Waals surface area (Å²) in [6, 6.07) is 8.50. The van der Waals surface area contributed by atoms with E-state index in [0.29, 0.717) is 6.42 Å². The molecule has 88 valence electrons. The average Bonchev–Trinajstić information content (AvgIpc) is 2.80. The number of allylic oxidation sites excluding steroid dienone is 4. The largest absolute Gasteiger partial charge is 0.300 e. The van der Waals surface area contributed by atoms with Crippen molar-refractivity contribution in [3.63, 3.8) is 0 Å². The summed E-state index contributed by atoms with van der Waals surface area (Å²) in [5, 5.41) is 0. The van der Waals surface area contributed by atoms with E-state index >= 15 is 0 Å². The number of ketones is 1. The van der Waals surface area contributed by atoms with Gasteiger partial charge in [0.1, 0.15) is 5.78 Å². The number of Topliss-reactive ketones (excluding diaryl/α,β-unsaturated/α-hetero) is 1. The van der Waals surface area contributed by atoms with Gasteiger partial charge in [-0.1, -0.05) is 48.1 Å². The molecule has 0 spiro atoms. The summed E-state index contributed by atoms with van der Waals surface area (Å²) in [5.74, 6) is 0.476. The van der Waals surface area contributed by atoms with Crippen molar-refractivity contribution in [2.45, 2.75) is 32.6 Å². The van der Waals surface area contributed by atoms with E-state index in [1.165, 1.54) is 16.7 Å². The zero-order chi connectivity index (χ0) is 12.3. The lowest BCUT2D eigenvalue weighted by Crippen LogP contribution is -2.06. The summed E-state index contributed by atoms with van der Waals surface area (Å²) in [5.41, 5.74) is 3.78. The zero-order valence-corrected chi connectivity index (χ0v) is 10.4. The minimum Gasteiger partial charge on any atom is -0.300 e. The maximum Gasteiger partial charge on any atom is 0.130 e. The number of aryl methyl sites for hydroxylation is 1. The van der Waals surface area contributed by atoms with Crippen molar-refractivity contribution in [3.8, 4) is 0 Å². The summed E-state index contributed by atoms with van der Waals surface area (Å²) in [4.78, 5) is 11.4. The molecule has 0 saturated carbocycles. The molecule has 0 N–H and O–H groups in total. The lowest BCUT2D eigenvalue weighted by molar-refractivity contribution is -0.117. The van der Waals surface area contributed by atoms with Crippen molar-refractivity contribution < 1.29 is 4.79 Å². The van der Waals surface area contributed by atoms with E-state index in [2.05, 4.69) is 49.4 Å². The Bertz CT molecular complexity index is 463. The van der Waals surface area contributed by atoms with E-state index in [0.717, 1.165) is 6.42 Å². The van der Waals surface area contributed by atoms with Gasteiger partial charge in [-0.05, 0) is 31.4 Å². The number of benzene rings is 1. The van der Waals surface area contributed by atoms with Crippen LogP contribution in [0.1, 0.15) is 36.8 Å². The minimum atomic E-state index is 0.229. The molecule has 0 aromatic heterocycles. The molecule has 1 nitrogen and oxygen atoms in total. The second-order valence-electron chi connectivity index (χ2n) is 4.71. The molecule has 0 aliphatic heterocycles. The van der Waals surface area contributed by atoms with Gasteiger partial charge in [-0.15, -0.1) is 0 Å². The highest BCUT2D eigenvalue weighted by atomic mass is 16.1. The Morgan fingerprint density at radius 3 is 2.53 bits per heavy atom. The van der Waals surface area contributed by atoms with Crippen molar-refractivity contribution in [3.05, 3.63) is 59.2 Å². The normalized spacial score (nSPS) is 15.8. The van der Waals surface area contributed by atoms with Gasteiger partial charge in [-0.3, -0.25) is 4.79 Å². The molecule has 1 aliphatic rings. The van der Waals surface area contributed by atoms with Crippen molar-refractivity contribution in [1.29, 1.82) is 0 Å². The summed E-state index contributed by atoms with van der Waals surface area (Å²) < 4.78 is 0. The third kappa shape index (κ3) is 2.94. The highest BCUT2D eigenvalue weighted by molar-refractivity contribution is 5.77. The number of carbonyl (C=O) groups is 1. The summed E-state index contributed by atoms with van der Waals surface area (Å²) in [6.07, 6.45) is 8.10. The first-order valence-electron chi connectivity index (χ1n) is 6.09. The maximum atomic E-state index is 11.4. The lowest BCUT2D eigenvalue weighted by Gasteiger charge is -2.16. The van der Waals surface area contributed by atoms with E-state index < -0.39 is 0 Å². The Morgan fingerprint density at radius 2 is 2.00 bits per heavy atom. The molecule has 0 amide bonds. The third-order valence-corrected chi connectivity index (χ3v) is 3.17. The Labute approximate surface area is 103 Å². The van der Waals surface area contributed by atoms with Gasteiger partial charge in [0.05, 0.1) is 0 Å². The quantitative estimate of drug-likeness (QED) is 0.760. The fourth-order valence-electron chi connectivity index (χ4n) is 2.25. The van der Waals surface area contributed by atoms with Gasteiger partial charge in [0.2, 0.25) is 0 Å². The van der Waals surface area contributed by atoms with Crippen LogP contribution in [-0.2, 0) is 4.79 Å². The molecule has 0 bridgehead atoms.